The summed E-state index contributed by atoms with van der Waals surface area (Å²) in [5.74, 6) is 0. The maximum Gasteiger partial charge on any atom is 0.151 e. The second kappa shape index (κ2) is 5.61. The summed E-state index contributed by atoms with van der Waals surface area (Å²) in [7, 11) is 3.65. The van der Waals surface area contributed by atoms with Crippen molar-refractivity contribution < 1.29 is 9.84 Å². The van der Waals surface area contributed by atoms with Crippen molar-refractivity contribution in [2.75, 3.05) is 20.7 Å². The highest BCUT2D eigenvalue weighted by atomic mass is 16.6. The summed E-state index contributed by atoms with van der Waals surface area (Å²) in [5, 5.41) is 14.6. The lowest BCUT2D eigenvalue weighted by atomic mass is 10.5. The van der Waals surface area contributed by atoms with Crippen LogP contribution in [-0.2, 0) is 4.74 Å². The SMILES string of the molecule is CNC(COC(C)O)NC. The van der Waals surface area contributed by atoms with Gasteiger partial charge in [0.2, 0.25) is 0 Å². The van der Waals surface area contributed by atoms with Crippen LogP contribution in [0.1, 0.15) is 6.92 Å². The van der Waals surface area contributed by atoms with Crippen LogP contribution in [0.2, 0.25) is 0 Å². The molecule has 0 aromatic heterocycles. The van der Waals surface area contributed by atoms with Gasteiger partial charge < -0.3 is 20.5 Å². The lowest BCUT2D eigenvalue weighted by Gasteiger charge is -2.16. The highest BCUT2D eigenvalue weighted by Crippen LogP contribution is 1.85. The lowest BCUT2D eigenvalue weighted by Crippen LogP contribution is -2.42. The molecule has 0 aliphatic rings. The summed E-state index contributed by atoms with van der Waals surface area (Å²) in [6.07, 6.45) is -0.584. The van der Waals surface area contributed by atoms with Gasteiger partial charge in [0.1, 0.15) is 0 Å². The molecule has 4 heteroatoms. The number of hydrogen-bond acceptors (Lipinski definition) is 4. The zero-order valence-corrected chi connectivity index (χ0v) is 6.72. The van der Waals surface area contributed by atoms with Crippen LogP contribution in [0.4, 0.5) is 0 Å². The first-order chi connectivity index (χ1) is 4.70. The van der Waals surface area contributed by atoms with Crippen molar-refractivity contribution in [2.45, 2.75) is 19.4 Å². The van der Waals surface area contributed by atoms with Crippen LogP contribution in [0.25, 0.3) is 0 Å². The topological polar surface area (TPSA) is 53.5 Å². The summed E-state index contributed by atoms with van der Waals surface area (Å²) in [6.45, 7) is 2.05. The van der Waals surface area contributed by atoms with E-state index < -0.39 is 6.29 Å². The maximum absolute atomic E-state index is 8.71. The highest BCUT2D eigenvalue weighted by molar-refractivity contribution is 4.55. The van der Waals surface area contributed by atoms with Crippen molar-refractivity contribution in [3.8, 4) is 0 Å². The van der Waals surface area contributed by atoms with Crippen molar-refractivity contribution >= 4 is 0 Å². The van der Waals surface area contributed by atoms with Crippen LogP contribution < -0.4 is 10.6 Å². The van der Waals surface area contributed by atoms with Gasteiger partial charge in [-0.1, -0.05) is 0 Å². The molecule has 0 bridgehead atoms. The van der Waals surface area contributed by atoms with Crippen LogP contribution in [-0.4, -0.2) is 38.3 Å². The highest BCUT2D eigenvalue weighted by Gasteiger charge is 2.02. The van der Waals surface area contributed by atoms with E-state index in [9.17, 15) is 0 Å². The van der Waals surface area contributed by atoms with Gasteiger partial charge in [0.25, 0.3) is 0 Å². The quantitative estimate of drug-likeness (QED) is 0.443. The van der Waals surface area contributed by atoms with Crippen molar-refractivity contribution in [3.05, 3.63) is 0 Å². The third-order valence-electron chi connectivity index (χ3n) is 1.20. The van der Waals surface area contributed by atoms with Gasteiger partial charge in [0.05, 0.1) is 12.8 Å². The Morgan fingerprint density at radius 1 is 1.40 bits per heavy atom. The molecule has 0 aromatic carbocycles. The molecular formula is C6H16N2O2. The Kier molecular flexibility index (Phi) is 5.52. The zero-order valence-electron chi connectivity index (χ0n) is 6.72. The van der Waals surface area contributed by atoms with Gasteiger partial charge in [0, 0.05) is 0 Å². The second-order valence-electron chi connectivity index (χ2n) is 2.06. The molecule has 62 valence electrons. The predicted octanol–water partition coefficient (Wildman–Crippen LogP) is -0.894. The fourth-order valence-electron chi connectivity index (χ4n) is 0.546. The Hall–Kier alpha value is -0.160. The molecule has 0 spiro atoms. The summed E-state index contributed by atoms with van der Waals surface area (Å²) in [4.78, 5) is 0. The van der Waals surface area contributed by atoms with Crippen molar-refractivity contribution in [3.63, 3.8) is 0 Å². The van der Waals surface area contributed by atoms with Crippen molar-refractivity contribution in [1.29, 1.82) is 0 Å². The molecule has 1 atom stereocenters. The van der Waals surface area contributed by atoms with Crippen LogP contribution in [0.3, 0.4) is 0 Å². The molecule has 0 heterocycles. The first-order valence-corrected chi connectivity index (χ1v) is 3.35. The Bertz CT molecular complexity index is 74.1. The third-order valence-corrected chi connectivity index (χ3v) is 1.20. The molecule has 10 heavy (non-hydrogen) atoms. The minimum absolute atomic E-state index is 0.106. The molecule has 0 radical (unpaired) electrons. The van der Waals surface area contributed by atoms with Crippen LogP contribution in [0, 0.1) is 0 Å². The molecule has 0 fully saturated rings. The smallest absolute Gasteiger partial charge is 0.151 e. The molecule has 0 amide bonds. The van der Waals surface area contributed by atoms with Gasteiger partial charge in [-0.25, -0.2) is 0 Å². The molecule has 0 saturated carbocycles. The number of aliphatic hydroxyl groups excluding tert-OH is 1. The van der Waals surface area contributed by atoms with Gasteiger partial charge in [-0.15, -0.1) is 0 Å². The van der Waals surface area contributed by atoms with E-state index in [1.54, 1.807) is 6.92 Å². The molecule has 1 unspecified atom stereocenters. The Balaban J connectivity index is 3.26. The Labute approximate surface area is 61.6 Å². The van der Waals surface area contributed by atoms with E-state index in [1.807, 2.05) is 14.1 Å². The van der Waals surface area contributed by atoms with Crippen LogP contribution in [0.5, 0.6) is 0 Å². The van der Waals surface area contributed by atoms with Gasteiger partial charge in [-0.2, -0.15) is 0 Å². The minimum atomic E-state index is -0.691. The van der Waals surface area contributed by atoms with E-state index in [1.165, 1.54) is 0 Å². The Morgan fingerprint density at radius 3 is 2.20 bits per heavy atom. The molecule has 0 saturated heterocycles. The average molecular weight is 148 g/mol. The third kappa shape index (κ3) is 4.69. The summed E-state index contributed by atoms with van der Waals surface area (Å²) < 4.78 is 4.92. The molecule has 3 N–H and O–H groups in total. The summed E-state index contributed by atoms with van der Waals surface area (Å²) in [5.41, 5.74) is 0. The van der Waals surface area contributed by atoms with Gasteiger partial charge >= 0.3 is 0 Å². The van der Waals surface area contributed by atoms with Gasteiger partial charge in [0.15, 0.2) is 6.29 Å². The number of nitrogens with one attached hydrogen (secondary N) is 2. The minimum Gasteiger partial charge on any atom is -0.368 e. The molecule has 4 nitrogen and oxygen atoms in total. The lowest BCUT2D eigenvalue weighted by molar-refractivity contribution is -0.0926. The maximum atomic E-state index is 8.71. The normalized spacial score (nSPS) is 14.1. The molecular weight excluding hydrogens is 132 g/mol. The number of rotatable bonds is 5. The van der Waals surface area contributed by atoms with Crippen LogP contribution >= 0.6 is 0 Å². The molecule has 0 aliphatic heterocycles. The summed E-state index contributed by atoms with van der Waals surface area (Å²) in [6, 6.07) is 0. The summed E-state index contributed by atoms with van der Waals surface area (Å²) >= 11 is 0. The number of hydrogen-bond donors (Lipinski definition) is 3. The standard InChI is InChI=1S/C6H16N2O2/c1-5(9)10-4-6(7-2)8-3/h5-9H,4H2,1-3H3. The molecule has 0 aliphatic carbocycles. The van der Waals surface area contributed by atoms with Crippen molar-refractivity contribution in [2.24, 2.45) is 0 Å². The van der Waals surface area contributed by atoms with Gasteiger partial charge in [-0.05, 0) is 21.0 Å². The number of likely N-dealkylation sites (N-methyl/N-ethyl adjacent to an activating group) is 2. The predicted molar refractivity (Wildman–Crippen MR) is 39.5 cm³/mol. The second-order valence-corrected chi connectivity index (χ2v) is 2.06. The number of ether oxygens (including phenoxy) is 1. The fourth-order valence-corrected chi connectivity index (χ4v) is 0.546. The van der Waals surface area contributed by atoms with Gasteiger partial charge in [-0.3, -0.25) is 0 Å². The number of aliphatic hydroxyl groups is 1. The Morgan fingerprint density at radius 2 is 1.90 bits per heavy atom. The molecule has 0 aromatic rings. The van der Waals surface area contributed by atoms with E-state index in [2.05, 4.69) is 10.6 Å². The average Bonchev–Trinajstić information content (AvgIpc) is 1.90. The van der Waals surface area contributed by atoms with E-state index >= 15 is 0 Å². The van der Waals surface area contributed by atoms with E-state index in [0.29, 0.717) is 6.61 Å². The largest absolute Gasteiger partial charge is 0.368 e. The molecule has 0 rings (SSSR count). The fraction of sp³-hybridized carbons (Fsp3) is 1.00. The first-order valence-electron chi connectivity index (χ1n) is 3.35. The van der Waals surface area contributed by atoms with E-state index in [-0.39, 0.29) is 6.17 Å². The van der Waals surface area contributed by atoms with Crippen LogP contribution in [0.15, 0.2) is 0 Å². The van der Waals surface area contributed by atoms with E-state index in [4.69, 9.17) is 9.84 Å². The van der Waals surface area contributed by atoms with Crippen molar-refractivity contribution in [1.82, 2.24) is 10.6 Å². The monoisotopic (exact) mass is 148 g/mol. The first kappa shape index (κ1) is 9.84. The zero-order chi connectivity index (χ0) is 7.98. The van der Waals surface area contributed by atoms with E-state index in [0.717, 1.165) is 0 Å².